The Morgan fingerprint density at radius 2 is 1.89 bits per heavy atom. The monoisotopic (exact) mass is 383 g/mol. The van der Waals surface area contributed by atoms with Gasteiger partial charge in [-0.1, -0.05) is 12.8 Å². The lowest BCUT2D eigenvalue weighted by molar-refractivity contribution is -0.124. The van der Waals surface area contributed by atoms with Crippen molar-refractivity contribution in [3.8, 4) is 5.75 Å². The maximum atomic E-state index is 12.4. The zero-order chi connectivity index (χ0) is 19.8. The quantitative estimate of drug-likeness (QED) is 0.679. The fraction of sp³-hybridized carbons (Fsp3) is 0.381. The second-order valence-electron chi connectivity index (χ2n) is 6.61. The molecule has 148 valence electrons. The number of carbonyl (C=O) groups excluding carboxylic acids is 2. The summed E-state index contributed by atoms with van der Waals surface area (Å²) >= 11 is 0. The molecule has 0 atom stereocenters. The van der Waals surface area contributed by atoms with Crippen LogP contribution in [0.1, 0.15) is 43.0 Å². The second kappa shape index (κ2) is 9.73. The molecule has 0 spiro atoms. The first-order chi connectivity index (χ1) is 13.7. The molecule has 0 unspecified atom stereocenters. The Kier molecular flexibility index (Phi) is 6.84. The molecular formula is C21H25N3O4. The molecule has 0 saturated heterocycles. The molecule has 0 radical (unpaired) electrons. The highest BCUT2D eigenvalue weighted by molar-refractivity contribution is 5.96. The van der Waals surface area contributed by atoms with Crippen LogP contribution >= 0.6 is 0 Å². The van der Waals surface area contributed by atoms with E-state index in [1.54, 1.807) is 18.3 Å². The normalized spacial score (nSPS) is 13.8. The number of hydrogen-bond donors (Lipinski definition) is 2. The van der Waals surface area contributed by atoms with Crippen LogP contribution in [-0.2, 0) is 9.53 Å². The maximum Gasteiger partial charge on any atom is 0.342 e. The minimum Gasteiger partial charge on any atom is -0.494 e. The van der Waals surface area contributed by atoms with Gasteiger partial charge in [-0.3, -0.25) is 4.79 Å². The van der Waals surface area contributed by atoms with Crippen LogP contribution in [0.3, 0.4) is 0 Å². The van der Waals surface area contributed by atoms with E-state index in [1.165, 1.54) is 0 Å². The molecule has 1 aromatic heterocycles. The van der Waals surface area contributed by atoms with E-state index in [9.17, 15) is 9.59 Å². The van der Waals surface area contributed by atoms with Crippen LogP contribution in [0.2, 0.25) is 0 Å². The molecule has 1 aliphatic carbocycles. The van der Waals surface area contributed by atoms with Crippen molar-refractivity contribution < 1.29 is 19.1 Å². The third-order valence-electron chi connectivity index (χ3n) is 4.51. The number of benzene rings is 1. The lowest BCUT2D eigenvalue weighted by atomic mass is 10.2. The summed E-state index contributed by atoms with van der Waals surface area (Å²) in [6, 6.07) is 10.8. The van der Waals surface area contributed by atoms with E-state index in [0.717, 1.165) is 37.1 Å². The van der Waals surface area contributed by atoms with Crippen LogP contribution in [0.25, 0.3) is 0 Å². The van der Waals surface area contributed by atoms with Gasteiger partial charge in [-0.25, -0.2) is 9.78 Å². The van der Waals surface area contributed by atoms with Crippen molar-refractivity contribution in [3.05, 3.63) is 48.2 Å². The molecule has 28 heavy (non-hydrogen) atoms. The van der Waals surface area contributed by atoms with E-state index >= 15 is 0 Å². The highest BCUT2D eigenvalue weighted by Crippen LogP contribution is 2.22. The van der Waals surface area contributed by atoms with Gasteiger partial charge in [0.05, 0.1) is 6.61 Å². The largest absolute Gasteiger partial charge is 0.494 e. The third-order valence-corrected chi connectivity index (χ3v) is 4.51. The number of hydrogen-bond acceptors (Lipinski definition) is 6. The van der Waals surface area contributed by atoms with Crippen LogP contribution in [0, 0.1) is 0 Å². The number of pyridine rings is 1. The summed E-state index contributed by atoms with van der Waals surface area (Å²) in [6.07, 6.45) is 5.80. The molecule has 1 amide bonds. The summed E-state index contributed by atoms with van der Waals surface area (Å²) in [5.41, 5.74) is 1.03. The Hall–Kier alpha value is -3.09. The van der Waals surface area contributed by atoms with Gasteiger partial charge in [0, 0.05) is 17.9 Å². The number of aromatic nitrogens is 1. The second-order valence-corrected chi connectivity index (χ2v) is 6.61. The first kappa shape index (κ1) is 19.7. The van der Waals surface area contributed by atoms with E-state index in [-0.39, 0.29) is 24.1 Å². The van der Waals surface area contributed by atoms with Gasteiger partial charge in [0.2, 0.25) is 0 Å². The van der Waals surface area contributed by atoms with E-state index in [1.807, 2.05) is 31.2 Å². The maximum absolute atomic E-state index is 12.4. The lowest BCUT2D eigenvalue weighted by Crippen LogP contribution is -2.35. The predicted molar refractivity (Wildman–Crippen MR) is 106 cm³/mol. The number of rotatable bonds is 8. The van der Waals surface area contributed by atoms with Crippen molar-refractivity contribution in [2.75, 3.05) is 18.5 Å². The van der Waals surface area contributed by atoms with Gasteiger partial charge in [0.1, 0.15) is 17.1 Å². The molecule has 7 heteroatoms. The SMILES string of the molecule is CCOc1ccc(Nc2ncccc2C(=O)OCC(=O)NC2CCCC2)cc1. The van der Waals surface area contributed by atoms with Crippen molar-refractivity contribution in [1.82, 2.24) is 10.3 Å². The topological polar surface area (TPSA) is 89.6 Å². The molecule has 0 bridgehead atoms. The number of carbonyl (C=O) groups is 2. The molecule has 7 nitrogen and oxygen atoms in total. The van der Waals surface area contributed by atoms with Crippen LogP contribution in [0.15, 0.2) is 42.6 Å². The smallest absolute Gasteiger partial charge is 0.342 e. The highest BCUT2D eigenvalue weighted by Gasteiger charge is 2.19. The van der Waals surface area contributed by atoms with Gasteiger partial charge in [-0.15, -0.1) is 0 Å². The summed E-state index contributed by atoms with van der Waals surface area (Å²) in [4.78, 5) is 28.6. The minimum absolute atomic E-state index is 0.196. The molecule has 1 aliphatic rings. The molecule has 2 aromatic rings. The van der Waals surface area contributed by atoms with E-state index in [2.05, 4.69) is 15.6 Å². The fourth-order valence-electron chi connectivity index (χ4n) is 3.16. The van der Waals surface area contributed by atoms with Gasteiger partial charge in [-0.2, -0.15) is 0 Å². The summed E-state index contributed by atoms with van der Waals surface area (Å²) in [6.45, 7) is 2.22. The molecule has 1 aromatic carbocycles. The first-order valence-corrected chi connectivity index (χ1v) is 9.57. The number of nitrogens with one attached hydrogen (secondary N) is 2. The lowest BCUT2D eigenvalue weighted by Gasteiger charge is -2.13. The van der Waals surface area contributed by atoms with Gasteiger partial charge in [-0.05, 0) is 56.2 Å². The molecule has 1 fully saturated rings. The molecular weight excluding hydrogens is 358 g/mol. The molecule has 1 saturated carbocycles. The zero-order valence-electron chi connectivity index (χ0n) is 15.9. The number of amides is 1. The summed E-state index contributed by atoms with van der Waals surface area (Å²) in [5.74, 6) is 0.267. The summed E-state index contributed by atoms with van der Waals surface area (Å²) in [7, 11) is 0. The fourth-order valence-corrected chi connectivity index (χ4v) is 3.16. The number of esters is 1. The van der Waals surface area contributed by atoms with Crippen molar-refractivity contribution in [3.63, 3.8) is 0 Å². The Balaban J connectivity index is 1.59. The van der Waals surface area contributed by atoms with E-state index < -0.39 is 5.97 Å². The number of ether oxygens (including phenoxy) is 2. The van der Waals surface area contributed by atoms with Crippen LogP contribution < -0.4 is 15.4 Å². The summed E-state index contributed by atoms with van der Waals surface area (Å²) in [5, 5.41) is 6.00. The van der Waals surface area contributed by atoms with Gasteiger partial charge in [0.25, 0.3) is 5.91 Å². The van der Waals surface area contributed by atoms with Crippen molar-refractivity contribution in [1.29, 1.82) is 0 Å². The average molecular weight is 383 g/mol. The van der Waals surface area contributed by atoms with Gasteiger partial charge >= 0.3 is 5.97 Å². The van der Waals surface area contributed by atoms with Gasteiger partial charge in [0.15, 0.2) is 6.61 Å². The van der Waals surface area contributed by atoms with E-state index in [0.29, 0.717) is 12.4 Å². The Bertz CT molecular complexity index is 802. The minimum atomic E-state index is -0.594. The molecule has 0 aliphatic heterocycles. The van der Waals surface area contributed by atoms with Crippen LogP contribution in [-0.4, -0.2) is 36.1 Å². The van der Waals surface area contributed by atoms with Crippen molar-refractivity contribution in [2.45, 2.75) is 38.6 Å². The average Bonchev–Trinajstić information content (AvgIpc) is 3.21. The highest BCUT2D eigenvalue weighted by atomic mass is 16.5. The van der Waals surface area contributed by atoms with Crippen molar-refractivity contribution >= 4 is 23.4 Å². The number of anilines is 2. The van der Waals surface area contributed by atoms with Crippen LogP contribution in [0.4, 0.5) is 11.5 Å². The molecule has 2 N–H and O–H groups in total. The summed E-state index contributed by atoms with van der Waals surface area (Å²) < 4.78 is 10.6. The van der Waals surface area contributed by atoms with Crippen LogP contribution in [0.5, 0.6) is 5.75 Å². The number of nitrogens with zero attached hydrogens (tertiary/aromatic N) is 1. The first-order valence-electron chi connectivity index (χ1n) is 9.57. The molecule has 1 heterocycles. The van der Waals surface area contributed by atoms with Crippen molar-refractivity contribution in [2.24, 2.45) is 0 Å². The standard InChI is InChI=1S/C21H25N3O4/c1-2-27-17-11-9-16(10-12-17)24-20-18(8-5-13-22-20)21(26)28-14-19(25)23-15-6-3-4-7-15/h5,8-13,15H,2-4,6-7,14H2,1H3,(H,22,24)(H,23,25). The molecule has 3 rings (SSSR count). The Morgan fingerprint density at radius 1 is 1.14 bits per heavy atom. The van der Waals surface area contributed by atoms with E-state index in [4.69, 9.17) is 9.47 Å². The Morgan fingerprint density at radius 3 is 2.61 bits per heavy atom. The van der Waals surface area contributed by atoms with Gasteiger partial charge < -0.3 is 20.1 Å². The Labute approximate surface area is 164 Å². The zero-order valence-corrected chi connectivity index (χ0v) is 15.9. The predicted octanol–water partition coefficient (Wildman–Crippen LogP) is 3.44. The third kappa shape index (κ3) is 5.45.